The molecule has 1 saturated heterocycles. The van der Waals surface area contributed by atoms with E-state index in [0.717, 1.165) is 12.8 Å². The van der Waals surface area contributed by atoms with E-state index >= 15 is 0 Å². The summed E-state index contributed by atoms with van der Waals surface area (Å²) in [7, 11) is 0. The monoisotopic (exact) mass is 301 g/mol. The highest BCUT2D eigenvalue weighted by Crippen LogP contribution is 2.29. The summed E-state index contributed by atoms with van der Waals surface area (Å²) in [6, 6.07) is 5.20. The first-order chi connectivity index (χ1) is 8.95. The average Bonchev–Trinajstić information content (AvgIpc) is 2.31. The van der Waals surface area contributed by atoms with Crippen molar-refractivity contribution in [2.24, 2.45) is 0 Å². The summed E-state index contributed by atoms with van der Waals surface area (Å²) >= 11 is 12.1. The lowest BCUT2D eigenvalue weighted by atomic mass is 9.89. The van der Waals surface area contributed by atoms with Crippen LogP contribution in [0.2, 0.25) is 10.0 Å². The Morgan fingerprint density at radius 3 is 2.47 bits per heavy atom. The Kier molecular flexibility index (Phi) is 4.39. The van der Waals surface area contributed by atoms with Crippen molar-refractivity contribution in [1.29, 1.82) is 0 Å². The fourth-order valence-corrected chi connectivity index (χ4v) is 2.96. The van der Waals surface area contributed by atoms with Crippen molar-refractivity contribution in [1.82, 2.24) is 4.90 Å². The zero-order chi connectivity index (χ0) is 14.0. The van der Waals surface area contributed by atoms with Crippen LogP contribution in [0.4, 0.5) is 0 Å². The van der Waals surface area contributed by atoms with Crippen LogP contribution >= 0.6 is 23.2 Å². The van der Waals surface area contributed by atoms with Crippen molar-refractivity contribution in [2.45, 2.75) is 31.8 Å². The predicted octanol–water partition coefficient (Wildman–Crippen LogP) is 2.91. The van der Waals surface area contributed by atoms with E-state index in [2.05, 4.69) is 0 Å². The second-order valence-electron chi connectivity index (χ2n) is 5.10. The van der Waals surface area contributed by atoms with Gasteiger partial charge in [-0.15, -0.1) is 0 Å². The molecule has 0 radical (unpaired) electrons. The molecule has 0 aliphatic carbocycles. The number of aliphatic hydroxyl groups is 1. The van der Waals surface area contributed by atoms with Gasteiger partial charge < -0.3 is 10.0 Å². The minimum absolute atomic E-state index is 0.0456. The highest BCUT2D eigenvalue weighted by Gasteiger charge is 2.42. The van der Waals surface area contributed by atoms with Crippen molar-refractivity contribution < 1.29 is 9.90 Å². The van der Waals surface area contributed by atoms with Crippen LogP contribution in [0, 0.1) is 0 Å². The number of likely N-dealkylation sites (tertiary alicyclic amines) is 1. The molecule has 5 heteroatoms. The van der Waals surface area contributed by atoms with E-state index < -0.39 is 5.60 Å². The standard InChI is InChI=1S/C14H17Cl2NO2/c1-2-6-14(19)8-17(9-14)13(18)7-10-11(15)4-3-5-12(10)16/h3-5,19H,2,6-9H2,1H3. The van der Waals surface area contributed by atoms with E-state index in [0.29, 0.717) is 28.7 Å². The molecule has 0 aromatic heterocycles. The SMILES string of the molecule is CCCC1(O)CN(C(=O)Cc2c(Cl)cccc2Cl)C1. The van der Waals surface area contributed by atoms with Crippen LogP contribution in [0.1, 0.15) is 25.3 Å². The Bertz CT molecular complexity index is 464. The number of benzene rings is 1. The molecule has 0 atom stereocenters. The van der Waals surface area contributed by atoms with Crippen LogP contribution in [-0.2, 0) is 11.2 Å². The smallest absolute Gasteiger partial charge is 0.227 e. The Balaban J connectivity index is 1.97. The molecule has 1 aromatic rings. The molecule has 1 aliphatic heterocycles. The number of carbonyl (C=O) groups is 1. The molecular weight excluding hydrogens is 285 g/mol. The summed E-state index contributed by atoms with van der Waals surface area (Å²) in [6.07, 6.45) is 1.82. The summed E-state index contributed by atoms with van der Waals surface area (Å²) in [5, 5.41) is 11.1. The molecule has 0 spiro atoms. The van der Waals surface area contributed by atoms with Crippen LogP contribution < -0.4 is 0 Å². The molecular formula is C14H17Cl2NO2. The lowest BCUT2D eigenvalue weighted by Crippen LogP contribution is -2.63. The van der Waals surface area contributed by atoms with Gasteiger partial charge in [0.2, 0.25) is 5.91 Å². The van der Waals surface area contributed by atoms with Crippen molar-refractivity contribution in [3.8, 4) is 0 Å². The highest BCUT2D eigenvalue weighted by atomic mass is 35.5. The van der Waals surface area contributed by atoms with Crippen molar-refractivity contribution in [3.05, 3.63) is 33.8 Å². The first-order valence-corrected chi connectivity index (χ1v) is 7.14. The molecule has 1 aromatic carbocycles. The van der Waals surface area contributed by atoms with E-state index in [1.165, 1.54) is 0 Å². The van der Waals surface area contributed by atoms with Crippen LogP contribution in [-0.4, -0.2) is 34.6 Å². The summed E-state index contributed by atoms with van der Waals surface area (Å²) in [6.45, 7) is 2.83. The van der Waals surface area contributed by atoms with Gasteiger partial charge in [0.25, 0.3) is 0 Å². The van der Waals surface area contributed by atoms with Gasteiger partial charge in [0.1, 0.15) is 0 Å². The third kappa shape index (κ3) is 3.22. The van der Waals surface area contributed by atoms with Crippen molar-refractivity contribution in [2.75, 3.05) is 13.1 Å². The molecule has 19 heavy (non-hydrogen) atoms. The number of rotatable bonds is 4. The van der Waals surface area contributed by atoms with Gasteiger partial charge in [-0.05, 0) is 24.1 Å². The minimum atomic E-state index is -0.700. The number of amides is 1. The third-order valence-electron chi connectivity index (χ3n) is 3.43. The molecule has 1 N–H and O–H groups in total. The maximum atomic E-state index is 12.1. The van der Waals surface area contributed by atoms with Gasteiger partial charge in [-0.2, -0.15) is 0 Å². The van der Waals surface area contributed by atoms with E-state index in [-0.39, 0.29) is 12.3 Å². The first-order valence-electron chi connectivity index (χ1n) is 6.38. The van der Waals surface area contributed by atoms with Gasteiger partial charge in [-0.25, -0.2) is 0 Å². The topological polar surface area (TPSA) is 40.5 Å². The molecule has 1 fully saturated rings. The molecule has 0 saturated carbocycles. The summed E-state index contributed by atoms with van der Waals surface area (Å²) in [5.41, 5.74) is -0.0453. The second kappa shape index (κ2) is 5.70. The number of carbonyl (C=O) groups excluding carboxylic acids is 1. The van der Waals surface area contributed by atoms with Gasteiger partial charge in [0, 0.05) is 10.0 Å². The Morgan fingerprint density at radius 2 is 1.95 bits per heavy atom. The van der Waals surface area contributed by atoms with Gasteiger partial charge >= 0.3 is 0 Å². The van der Waals surface area contributed by atoms with Gasteiger partial charge in [0.05, 0.1) is 25.1 Å². The lowest BCUT2D eigenvalue weighted by molar-refractivity contribution is -0.155. The number of hydrogen-bond acceptors (Lipinski definition) is 2. The number of halogens is 2. The van der Waals surface area contributed by atoms with Crippen LogP contribution in [0.25, 0.3) is 0 Å². The van der Waals surface area contributed by atoms with Crippen molar-refractivity contribution in [3.63, 3.8) is 0 Å². The lowest BCUT2D eigenvalue weighted by Gasteiger charge is -2.46. The van der Waals surface area contributed by atoms with Crippen LogP contribution in [0.5, 0.6) is 0 Å². The fourth-order valence-electron chi connectivity index (χ4n) is 2.43. The summed E-state index contributed by atoms with van der Waals surface area (Å²) in [4.78, 5) is 13.7. The van der Waals surface area contributed by atoms with E-state index in [1.54, 1.807) is 23.1 Å². The average molecular weight is 302 g/mol. The maximum absolute atomic E-state index is 12.1. The van der Waals surface area contributed by atoms with Crippen LogP contribution in [0.15, 0.2) is 18.2 Å². The Hall–Kier alpha value is -0.770. The van der Waals surface area contributed by atoms with E-state index in [4.69, 9.17) is 23.2 Å². The number of β-amino-alcohol motifs (C(OH)–C–C–N with tert-alkyl or cyclic N) is 1. The third-order valence-corrected chi connectivity index (χ3v) is 4.14. The molecule has 2 rings (SSSR count). The van der Waals surface area contributed by atoms with E-state index in [1.807, 2.05) is 6.92 Å². The normalized spacial score (nSPS) is 17.2. The van der Waals surface area contributed by atoms with Gasteiger partial charge in [-0.3, -0.25) is 4.79 Å². The molecule has 3 nitrogen and oxygen atoms in total. The van der Waals surface area contributed by atoms with Crippen molar-refractivity contribution >= 4 is 29.1 Å². The zero-order valence-corrected chi connectivity index (χ0v) is 12.3. The largest absolute Gasteiger partial charge is 0.386 e. The first kappa shape index (κ1) is 14.6. The summed E-state index contributed by atoms with van der Waals surface area (Å²) < 4.78 is 0. The molecule has 104 valence electrons. The zero-order valence-electron chi connectivity index (χ0n) is 10.8. The molecule has 1 aliphatic rings. The summed E-state index contributed by atoms with van der Waals surface area (Å²) in [5.74, 6) is -0.0456. The number of nitrogens with zero attached hydrogens (tertiary/aromatic N) is 1. The maximum Gasteiger partial charge on any atom is 0.227 e. The quantitative estimate of drug-likeness (QED) is 0.929. The number of hydrogen-bond donors (Lipinski definition) is 1. The van der Waals surface area contributed by atoms with E-state index in [9.17, 15) is 9.90 Å². The minimum Gasteiger partial charge on any atom is -0.386 e. The highest BCUT2D eigenvalue weighted by molar-refractivity contribution is 6.36. The molecule has 0 bridgehead atoms. The molecule has 1 amide bonds. The van der Waals surface area contributed by atoms with Gasteiger partial charge in [0.15, 0.2) is 0 Å². The Morgan fingerprint density at radius 1 is 1.37 bits per heavy atom. The fraction of sp³-hybridized carbons (Fsp3) is 0.500. The molecule has 1 heterocycles. The van der Waals surface area contributed by atoms with Crippen LogP contribution in [0.3, 0.4) is 0 Å². The molecule has 0 unspecified atom stereocenters. The Labute approximate surface area is 123 Å². The second-order valence-corrected chi connectivity index (χ2v) is 5.92. The predicted molar refractivity (Wildman–Crippen MR) is 76.6 cm³/mol. The van der Waals surface area contributed by atoms with Gasteiger partial charge in [-0.1, -0.05) is 42.6 Å².